The van der Waals surface area contributed by atoms with E-state index in [4.69, 9.17) is 20.8 Å². The Bertz CT molecular complexity index is 957. The molecule has 27 heavy (non-hydrogen) atoms. The topological polar surface area (TPSA) is 84.6 Å². The van der Waals surface area contributed by atoms with Gasteiger partial charge in [-0.05, 0) is 29.8 Å². The van der Waals surface area contributed by atoms with Crippen LogP contribution in [0.4, 0.5) is 4.39 Å². The van der Waals surface area contributed by atoms with Crippen molar-refractivity contribution in [2.45, 2.75) is 13.2 Å². The van der Waals surface area contributed by atoms with E-state index in [0.717, 1.165) is 17.7 Å². The minimum atomic E-state index is -0.791. The SMILES string of the molecule is COCc1ncc(-c2cc(F)c(C(=O)NCc3ccc(Cl)cc3)cc2O)o1. The van der Waals surface area contributed by atoms with Gasteiger partial charge in [0.2, 0.25) is 5.89 Å². The molecule has 6 nitrogen and oxygen atoms in total. The summed E-state index contributed by atoms with van der Waals surface area (Å²) >= 11 is 5.81. The smallest absolute Gasteiger partial charge is 0.254 e. The number of ether oxygens (including phenoxy) is 1. The molecule has 1 heterocycles. The van der Waals surface area contributed by atoms with Crippen LogP contribution in [0.15, 0.2) is 47.0 Å². The fourth-order valence-corrected chi connectivity index (χ4v) is 2.56. The quantitative estimate of drug-likeness (QED) is 0.666. The van der Waals surface area contributed by atoms with Gasteiger partial charge in [-0.25, -0.2) is 9.37 Å². The normalized spacial score (nSPS) is 10.8. The summed E-state index contributed by atoms with van der Waals surface area (Å²) < 4.78 is 24.7. The molecule has 2 aromatic carbocycles. The summed E-state index contributed by atoms with van der Waals surface area (Å²) in [5.41, 5.74) is 0.625. The molecular weight excluding hydrogens is 375 g/mol. The standard InChI is InChI=1S/C19H16ClFN2O4/c1-26-10-18-22-9-17(27-18)14-6-15(21)13(7-16(14)24)19(25)23-8-11-2-4-12(20)5-3-11/h2-7,9,24H,8,10H2,1H3,(H,23,25). The van der Waals surface area contributed by atoms with E-state index in [1.165, 1.54) is 13.3 Å². The highest BCUT2D eigenvalue weighted by atomic mass is 35.5. The Balaban J connectivity index is 1.76. The van der Waals surface area contributed by atoms with Crippen LogP contribution in [0.1, 0.15) is 21.8 Å². The maximum atomic E-state index is 14.4. The van der Waals surface area contributed by atoms with Gasteiger partial charge < -0.3 is 19.6 Å². The van der Waals surface area contributed by atoms with Crippen molar-refractivity contribution in [3.05, 3.63) is 70.5 Å². The average Bonchev–Trinajstić information content (AvgIpc) is 3.11. The molecule has 0 radical (unpaired) electrons. The van der Waals surface area contributed by atoms with Crippen LogP contribution in [0.5, 0.6) is 5.75 Å². The summed E-state index contributed by atoms with van der Waals surface area (Å²) in [4.78, 5) is 16.2. The second kappa shape index (κ2) is 8.20. The van der Waals surface area contributed by atoms with Crippen molar-refractivity contribution >= 4 is 17.5 Å². The van der Waals surface area contributed by atoms with Crippen LogP contribution < -0.4 is 5.32 Å². The summed E-state index contributed by atoms with van der Waals surface area (Å²) in [5, 5.41) is 13.4. The minimum Gasteiger partial charge on any atom is -0.507 e. The molecule has 0 aliphatic rings. The largest absolute Gasteiger partial charge is 0.507 e. The zero-order valence-corrected chi connectivity index (χ0v) is 15.1. The molecule has 0 bridgehead atoms. The molecule has 0 aliphatic carbocycles. The van der Waals surface area contributed by atoms with E-state index in [1.807, 2.05) is 0 Å². The van der Waals surface area contributed by atoms with Gasteiger partial charge >= 0.3 is 0 Å². The predicted molar refractivity (Wildman–Crippen MR) is 96.9 cm³/mol. The number of halogens is 2. The Kier molecular flexibility index (Phi) is 5.73. The lowest BCUT2D eigenvalue weighted by Crippen LogP contribution is -2.23. The molecule has 2 N–H and O–H groups in total. The number of nitrogens with one attached hydrogen (secondary N) is 1. The van der Waals surface area contributed by atoms with Crippen LogP contribution in [-0.4, -0.2) is 23.1 Å². The Hall–Kier alpha value is -2.90. The third kappa shape index (κ3) is 4.45. The van der Waals surface area contributed by atoms with Crippen molar-refractivity contribution in [2.75, 3.05) is 7.11 Å². The number of carbonyl (C=O) groups is 1. The van der Waals surface area contributed by atoms with Crippen LogP contribution in [0, 0.1) is 5.82 Å². The fourth-order valence-electron chi connectivity index (χ4n) is 2.44. The number of hydrogen-bond acceptors (Lipinski definition) is 5. The molecule has 0 aliphatic heterocycles. The van der Waals surface area contributed by atoms with Gasteiger partial charge in [0.15, 0.2) is 5.76 Å². The van der Waals surface area contributed by atoms with E-state index in [1.54, 1.807) is 24.3 Å². The number of rotatable bonds is 6. The van der Waals surface area contributed by atoms with Crippen molar-refractivity contribution in [3.8, 4) is 17.1 Å². The van der Waals surface area contributed by atoms with Crippen molar-refractivity contribution in [1.29, 1.82) is 0 Å². The molecule has 0 unspecified atom stereocenters. The summed E-state index contributed by atoms with van der Waals surface area (Å²) in [7, 11) is 1.48. The van der Waals surface area contributed by atoms with Crippen molar-refractivity contribution in [3.63, 3.8) is 0 Å². The first kappa shape index (κ1) is 18.9. The lowest BCUT2D eigenvalue weighted by atomic mass is 10.1. The number of aromatic hydroxyl groups is 1. The zero-order chi connectivity index (χ0) is 19.4. The van der Waals surface area contributed by atoms with Gasteiger partial charge in [0.25, 0.3) is 5.91 Å². The number of oxazole rings is 1. The fraction of sp³-hybridized carbons (Fsp3) is 0.158. The van der Waals surface area contributed by atoms with Crippen LogP contribution in [0.3, 0.4) is 0 Å². The van der Waals surface area contributed by atoms with Gasteiger partial charge in [0.1, 0.15) is 18.2 Å². The Morgan fingerprint density at radius 1 is 1.33 bits per heavy atom. The third-order valence-electron chi connectivity index (χ3n) is 3.78. The highest BCUT2D eigenvalue weighted by Crippen LogP contribution is 2.32. The minimum absolute atomic E-state index is 0.0941. The number of aromatic nitrogens is 1. The van der Waals surface area contributed by atoms with Crippen LogP contribution in [0.25, 0.3) is 11.3 Å². The predicted octanol–water partition coefficient (Wildman–Crippen LogP) is 3.92. The highest BCUT2D eigenvalue weighted by molar-refractivity contribution is 6.30. The first-order valence-corrected chi connectivity index (χ1v) is 8.35. The first-order chi connectivity index (χ1) is 13.0. The number of benzene rings is 2. The molecule has 0 saturated heterocycles. The summed E-state index contributed by atoms with van der Waals surface area (Å²) in [6, 6.07) is 8.98. The van der Waals surface area contributed by atoms with E-state index < -0.39 is 11.7 Å². The van der Waals surface area contributed by atoms with E-state index >= 15 is 0 Å². The van der Waals surface area contributed by atoms with Crippen LogP contribution >= 0.6 is 11.6 Å². The van der Waals surface area contributed by atoms with Crippen LogP contribution in [-0.2, 0) is 17.9 Å². The highest BCUT2D eigenvalue weighted by Gasteiger charge is 2.19. The lowest BCUT2D eigenvalue weighted by Gasteiger charge is -2.09. The Morgan fingerprint density at radius 2 is 2.07 bits per heavy atom. The van der Waals surface area contributed by atoms with E-state index in [0.29, 0.717) is 5.02 Å². The summed E-state index contributed by atoms with van der Waals surface area (Å²) in [6.45, 7) is 0.342. The molecule has 0 saturated carbocycles. The van der Waals surface area contributed by atoms with Crippen LogP contribution in [0.2, 0.25) is 5.02 Å². The maximum absolute atomic E-state index is 14.4. The molecule has 0 fully saturated rings. The summed E-state index contributed by atoms with van der Waals surface area (Å²) in [6.07, 6.45) is 1.35. The van der Waals surface area contributed by atoms with Gasteiger partial charge in [0, 0.05) is 18.7 Å². The van der Waals surface area contributed by atoms with E-state index in [9.17, 15) is 14.3 Å². The van der Waals surface area contributed by atoms with Gasteiger partial charge in [-0.2, -0.15) is 0 Å². The maximum Gasteiger partial charge on any atom is 0.254 e. The molecule has 8 heteroatoms. The first-order valence-electron chi connectivity index (χ1n) is 7.97. The number of phenols is 1. The lowest BCUT2D eigenvalue weighted by molar-refractivity contribution is 0.0946. The van der Waals surface area contributed by atoms with Gasteiger partial charge in [-0.3, -0.25) is 4.79 Å². The molecular formula is C19H16ClFN2O4. The number of nitrogens with zero attached hydrogens (tertiary/aromatic N) is 1. The Morgan fingerprint density at radius 3 is 2.78 bits per heavy atom. The van der Waals surface area contributed by atoms with Gasteiger partial charge in [0.05, 0.1) is 17.3 Å². The number of hydrogen-bond donors (Lipinski definition) is 2. The number of phenolic OH excluding ortho intramolecular Hbond substituents is 1. The number of amides is 1. The molecule has 0 atom stereocenters. The number of carbonyl (C=O) groups excluding carboxylic acids is 1. The van der Waals surface area contributed by atoms with Gasteiger partial charge in [-0.15, -0.1) is 0 Å². The van der Waals surface area contributed by atoms with E-state index in [2.05, 4.69) is 10.3 Å². The Labute approximate surface area is 159 Å². The average molecular weight is 391 g/mol. The van der Waals surface area contributed by atoms with Crippen molar-refractivity contribution in [1.82, 2.24) is 10.3 Å². The molecule has 1 aromatic heterocycles. The molecule has 140 valence electrons. The third-order valence-corrected chi connectivity index (χ3v) is 4.04. The van der Waals surface area contributed by atoms with Crippen molar-refractivity contribution < 1.29 is 23.4 Å². The zero-order valence-electron chi connectivity index (χ0n) is 14.3. The van der Waals surface area contributed by atoms with Gasteiger partial charge in [-0.1, -0.05) is 23.7 Å². The number of methoxy groups -OCH3 is 1. The molecule has 3 aromatic rings. The second-order valence-electron chi connectivity index (χ2n) is 5.71. The monoisotopic (exact) mass is 390 g/mol. The second-order valence-corrected chi connectivity index (χ2v) is 6.15. The van der Waals surface area contributed by atoms with Crippen molar-refractivity contribution in [2.24, 2.45) is 0 Å². The molecule has 0 spiro atoms. The summed E-state index contributed by atoms with van der Waals surface area (Å²) in [5.74, 6) is -1.28. The molecule has 1 amide bonds. The van der Waals surface area contributed by atoms with E-state index in [-0.39, 0.29) is 41.7 Å². The molecule has 3 rings (SSSR count).